The maximum absolute atomic E-state index is 11.4. The molecular weight excluding hydrogens is 174 g/mol. The van der Waals surface area contributed by atoms with E-state index in [2.05, 4.69) is 12.2 Å². The number of rotatable bonds is 3. The van der Waals surface area contributed by atoms with Crippen LogP contribution in [0.2, 0.25) is 0 Å². The molecule has 2 heteroatoms. The minimum Gasteiger partial charge on any atom is -0.351 e. The molecule has 2 aliphatic rings. The molecule has 2 rings (SSSR count). The first-order valence-corrected chi connectivity index (χ1v) is 5.95. The zero-order chi connectivity index (χ0) is 10.2. The number of amides is 1. The third-order valence-electron chi connectivity index (χ3n) is 4.46. The van der Waals surface area contributed by atoms with Gasteiger partial charge in [0.2, 0.25) is 5.91 Å². The van der Waals surface area contributed by atoms with E-state index >= 15 is 0 Å². The smallest absolute Gasteiger partial charge is 0.220 e. The minimum atomic E-state index is 0.198. The van der Waals surface area contributed by atoms with Crippen LogP contribution in [0.15, 0.2) is 0 Å². The molecule has 2 fully saturated rings. The molecule has 1 N–H and O–H groups in total. The maximum atomic E-state index is 11.4. The molecule has 2 saturated carbocycles. The Morgan fingerprint density at radius 2 is 1.86 bits per heavy atom. The fraction of sp³-hybridized carbons (Fsp3) is 0.917. The molecule has 2 aliphatic carbocycles. The van der Waals surface area contributed by atoms with Crippen molar-refractivity contribution in [3.63, 3.8) is 0 Å². The van der Waals surface area contributed by atoms with Crippen molar-refractivity contribution in [2.45, 2.75) is 64.3 Å². The minimum absolute atomic E-state index is 0.198. The SMILES string of the molecule is CCC(=O)NC12CCC(CC)(CC1)C2. The standard InChI is InChI=1S/C12H21NO/c1-3-10(14)13-12-7-5-11(4-2,9-12)6-8-12/h3-9H2,1-2H3,(H,13,14). The third kappa shape index (κ3) is 1.45. The van der Waals surface area contributed by atoms with Crippen LogP contribution in [0.3, 0.4) is 0 Å². The van der Waals surface area contributed by atoms with Crippen LogP contribution in [-0.4, -0.2) is 11.4 Å². The van der Waals surface area contributed by atoms with Gasteiger partial charge in [-0.1, -0.05) is 20.3 Å². The fourth-order valence-corrected chi connectivity index (χ4v) is 3.36. The van der Waals surface area contributed by atoms with Gasteiger partial charge in [-0.05, 0) is 37.5 Å². The number of hydrogen-bond acceptors (Lipinski definition) is 1. The summed E-state index contributed by atoms with van der Waals surface area (Å²) < 4.78 is 0. The van der Waals surface area contributed by atoms with Crippen molar-refractivity contribution in [1.82, 2.24) is 5.32 Å². The molecule has 0 atom stereocenters. The molecule has 2 nitrogen and oxygen atoms in total. The van der Waals surface area contributed by atoms with Crippen molar-refractivity contribution < 1.29 is 4.79 Å². The van der Waals surface area contributed by atoms with E-state index in [9.17, 15) is 4.79 Å². The Labute approximate surface area is 86.5 Å². The van der Waals surface area contributed by atoms with Gasteiger partial charge in [-0.25, -0.2) is 0 Å². The topological polar surface area (TPSA) is 29.1 Å². The second-order valence-electron chi connectivity index (χ2n) is 5.21. The van der Waals surface area contributed by atoms with Gasteiger partial charge in [0.15, 0.2) is 0 Å². The lowest BCUT2D eigenvalue weighted by Crippen LogP contribution is -2.44. The van der Waals surface area contributed by atoms with Crippen molar-refractivity contribution in [1.29, 1.82) is 0 Å². The summed E-state index contributed by atoms with van der Waals surface area (Å²) in [6.45, 7) is 4.23. The van der Waals surface area contributed by atoms with Crippen LogP contribution in [0.25, 0.3) is 0 Å². The molecule has 1 amide bonds. The van der Waals surface area contributed by atoms with Crippen LogP contribution < -0.4 is 5.32 Å². The van der Waals surface area contributed by atoms with Crippen molar-refractivity contribution in [3.05, 3.63) is 0 Å². The summed E-state index contributed by atoms with van der Waals surface area (Å²) in [4.78, 5) is 11.4. The van der Waals surface area contributed by atoms with Crippen LogP contribution in [0.1, 0.15) is 58.8 Å². The molecule has 0 spiro atoms. The molecule has 0 unspecified atom stereocenters. The summed E-state index contributed by atoms with van der Waals surface area (Å²) in [6, 6.07) is 0. The molecular formula is C12H21NO. The first kappa shape index (κ1) is 10.0. The quantitative estimate of drug-likeness (QED) is 0.737. The Bertz CT molecular complexity index is 239. The van der Waals surface area contributed by atoms with Gasteiger partial charge >= 0.3 is 0 Å². The first-order chi connectivity index (χ1) is 6.64. The molecule has 0 aromatic carbocycles. The van der Waals surface area contributed by atoms with Crippen molar-refractivity contribution in [3.8, 4) is 0 Å². The van der Waals surface area contributed by atoms with Gasteiger partial charge in [0.05, 0.1) is 0 Å². The van der Waals surface area contributed by atoms with E-state index in [0.717, 1.165) is 0 Å². The zero-order valence-electron chi connectivity index (χ0n) is 9.36. The van der Waals surface area contributed by atoms with Crippen molar-refractivity contribution in [2.75, 3.05) is 0 Å². The van der Waals surface area contributed by atoms with Crippen LogP contribution in [0, 0.1) is 5.41 Å². The van der Waals surface area contributed by atoms with Crippen LogP contribution in [0.5, 0.6) is 0 Å². The second kappa shape index (κ2) is 3.25. The lowest BCUT2D eigenvalue weighted by molar-refractivity contribution is -0.122. The van der Waals surface area contributed by atoms with E-state index in [1.54, 1.807) is 0 Å². The average molecular weight is 195 g/mol. The summed E-state index contributed by atoms with van der Waals surface area (Å²) in [5, 5.41) is 3.25. The summed E-state index contributed by atoms with van der Waals surface area (Å²) in [5.41, 5.74) is 0.782. The van der Waals surface area contributed by atoms with Gasteiger partial charge in [0.1, 0.15) is 0 Å². The van der Waals surface area contributed by atoms with Gasteiger partial charge in [-0.3, -0.25) is 4.79 Å². The predicted molar refractivity (Wildman–Crippen MR) is 57.0 cm³/mol. The predicted octanol–water partition coefficient (Wildman–Crippen LogP) is 2.63. The molecule has 0 aromatic heterocycles. The van der Waals surface area contributed by atoms with Crippen LogP contribution in [0.4, 0.5) is 0 Å². The van der Waals surface area contributed by atoms with E-state index in [1.165, 1.54) is 38.5 Å². The van der Waals surface area contributed by atoms with E-state index in [-0.39, 0.29) is 11.4 Å². The summed E-state index contributed by atoms with van der Waals surface area (Å²) in [5.74, 6) is 0.235. The largest absolute Gasteiger partial charge is 0.351 e. The molecule has 14 heavy (non-hydrogen) atoms. The van der Waals surface area contributed by atoms with Gasteiger partial charge < -0.3 is 5.32 Å². The van der Waals surface area contributed by atoms with Crippen LogP contribution in [-0.2, 0) is 4.79 Å². The second-order valence-corrected chi connectivity index (χ2v) is 5.21. The van der Waals surface area contributed by atoms with Gasteiger partial charge in [-0.2, -0.15) is 0 Å². The molecule has 0 saturated heterocycles. The lowest BCUT2D eigenvalue weighted by Gasteiger charge is -2.28. The Balaban J connectivity index is 2.03. The van der Waals surface area contributed by atoms with E-state index in [0.29, 0.717) is 11.8 Å². The first-order valence-electron chi connectivity index (χ1n) is 5.95. The van der Waals surface area contributed by atoms with E-state index in [4.69, 9.17) is 0 Å². The third-order valence-corrected chi connectivity index (χ3v) is 4.46. The molecule has 0 heterocycles. The Hall–Kier alpha value is -0.530. The summed E-state index contributed by atoms with van der Waals surface area (Å²) >= 11 is 0. The number of carbonyl (C=O) groups is 1. The highest BCUT2D eigenvalue weighted by Crippen LogP contribution is 2.58. The number of fused-ring (bicyclic) bond motifs is 2. The number of carbonyl (C=O) groups excluding carboxylic acids is 1. The highest BCUT2D eigenvalue weighted by molar-refractivity contribution is 5.76. The highest BCUT2D eigenvalue weighted by Gasteiger charge is 2.53. The molecule has 0 aromatic rings. The van der Waals surface area contributed by atoms with Gasteiger partial charge in [0, 0.05) is 12.0 Å². The fourth-order valence-electron chi connectivity index (χ4n) is 3.36. The Kier molecular flexibility index (Phi) is 2.32. The molecule has 2 bridgehead atoms. The summed E-state index contributed by atoms with van der Waals surface area (Å²) in [7, 11) is 0. The van der Waals surface area contributed by atoms with Crippen LogP contribution >= 0.6 is 0 Å². The molecule has 80 valence electrons. The number of hydrogen-bond donors (Lipinski definition) is 1. The summed E-state index contributed by atoms with van der Waals surface area (Å²) in [6.07, 6.45) is 8.24. The highest BCUT2D eigenvalue weighted by atomic mass is 16.1. The van der Waals surface area contributed by atoms with Gasteiger partial charge in [-0.15, -0.1) is 0 Å². The monoisotopic (exact) mass is 195 g/mol. The van der Waals surface area contributed by atoms with Crippen molar-refractivity contribution in [2.24, 2.45) is 5.41 Å². The van der Waals surface area contributed by atoms with E-state index < -0.39 is 0 Å². The normalized spacial score (nSPS) is 40.1. The Morgan fingerprint density at radius 3 is 2.29 bits per heavy atom. The molecule has 0 aliphatic heterocycles. The van der Waals surface area contributed by atoms with E-state index in [1.807, 2.05) is 6.92 Å². The lowest BCUT2D eigenvalue weighted by atomic mass is 9.82. The molecule has 0 radical (unpaired) electrons. The van der Waals surface area contributed by atoms with Gasteiger partial charge in [0.25, 0.3) is 0 Å². The van der Waals surface area contributed by atoms with Crippen molar-refractivity contribution >= 4 is 5.91 Å². The average Bonchev–Trinajstić information content (AvgIpc) is 2.73. The number of nitrogens with one attached hydrogen (secondary N) is 1. The maximum Gasteiger partial charge on any atom is 0.220 e. The Morgan fingerprint density at radius 1 is 1.21 bits per heavy atom. The zero-order valence-corrected chi connectivity index (χ0v) is 9.36.